The molecule has 2 aliphatic rings. The third kappa shape index (κ3) is 8.91. The number of allylic oxidation sites excluding steroid dienone is 2. The van der Waals surface area contributed by atoms with Crippen LogP contribution >= 0.6 is 31.9 Å². The Morgan fingerprint density at radius 2 is 0.964 bits per heavy atom. The Morgan fingerprint density at radius 3 is 1.52 bits per heavy atom. The molecule has 0 unspecified atom stereocenters. The van der Waals surface area contributed by atoms with Crippen LogP contribution in [0.3, 0.4) is 0 Å². The van der Waals surface area contributed by atoms with Gasteiger partial charge in [0.25, 0.3) is 0 Å². The lowest BCUT2D eigenvalue weighted by atomic mass is 9.96. The van der Waals surface area contributed by atoms with Crippen molar-refractivity contribution in [2.75, 3.05) is 0 Å². The van der Waals surface area contributed by atoms with E-state index in [-0.39, 0.29) is 89.8 Å². The first kappa shape index (κ1) is 41.5. The van der Waals surface area contributed by atoms with Crippen LogP contribution < -0.4 is 0 Å². The predicted octanol–water partition coefficient (Wildman–Crippen LogP) is 6.99. The summed E-state index contributed by atoms with van der Waals surface area (Å²) in [5.74, 6) is -6.85. The van der Waals surface area contributed by atoms with E-state index in [0.29, 0.717) is 59.9 Å². The molecule has 0 aromatic carbocycles. The van der Waals surface area contributed by atoms with Crippen LogP contribution in [0.25, 0.3) is 44.4 Å². The highest BCUT2D eigenvalue weighted by Crippen LogP contribution is 2.44. The lowest BCUT2D eigenvalue weighted by Crippen LogP contribution is -2.00. The van der Waals surface area contributed by atoms with E-state index >= 15 is 0 Å². The first-order valence-electron chi connectivity index (χ1n) is 17.2. The molecule has 0 amide bonds. The van der Waals surface area contributed by atoms with Gasteiger partial charge in [-0.05, 0) is 128 Å². The number of fused-ring (bicyclic) bond motifs is 8. The van der Waals surface area contributed by atoms with Gasteiger partial charge in [0.05, 0.1) is 55.6 Å². The Bertz CT molecular complexity index is 2460. The van der Waals surface area contributed by atoms with Crippen molar-refractivity contribution in [2.45, 2.75) is 78.1 Å². The highest BCUT2D eigenvalue weighted by Gasteiger charge is 2.29. The van der Waals surface area contributed by atoms with Crippen LogP contribution in [-0.4, -0.2) is 86.4 Å². The average Bonchev–Trinajstić information content (AvgIpc) is 3.80. The molecule has 0 atom stereocenters. The Labute approximate surface area is 334 Å². The molecule has 0 saturated heterocycles. The van der Waals surface area contributed by atoms with E-state index in [1.807, 2.05) is 0 Å². The fourth-order valence-electron chi connectivity index (χ4n) is 7.00. The molecule has 56 heavy (non-hydrogen) atoms. The minimum atomic E-state index is -1.22. The monoisotopic (exact) mass is 898 g/mol. The summed E-state index contributed by atoms with van der Waals surface area (Å²) in [5.41, 5.74) is 5.66. The van der Waals surface area contributed by atoms with Gasteiger partial charge in [-0.3, -0.25) is 28.8 Å². The number of rotatable bonds is 16. The molecule has 294 valence electrons. The summed E-state index contributed by atoms with van der Waals surface area (Å²) in [6.45, 7) is 3.45. The number of aromatic nitrogens is 4. The Morgan fingerprint density at radius 1 is 0.518 bits per heavy atom. The summed E-state index contributed by atoms with van der Waals surface area (Å²) < 4.78 is 0.545. The summed E-state index contributed by atoms with van der Waals surface area (Å²) in [4.78, 5) is 88.1. The standard InChI is InChI=1S/C38H36Br2N4O12/c1-15-17(3-7-27(45)46)24-14-26-21(11-31(53)54)20(6-10-30(51)52)37(43-26)33(39)35-16(2)18(4-8-28(47)48)36(44-35)34(40)38-22(12-32(55)56)19(5-9-29(49)50)25(42-38)13-23(15)41-24/h13-14,41,44H,3-12H2,1-2H3,(H,45,46)(H,47,48)(H,49,50)(H,51,52)(H,53,54)(H,55,56). The highest BCUT2D eigenvalue weighted by molar-refractivity contribution is 9.11. The number of nitrogens with zero attached hydrogens (tertiary/aromatic N) is 2. The second kappa shape index (κ2) is 17.0. The second-order valence-electron chi connectivity index (χ2n) is 13.3. The maximum atomic E-state index is 12.3. The Balaban J connectivity index is 2.07. The summed E-state index contributed by atoms with van der Waals surface area (Å²) in [6, 6.07) is 3.18. The molecule has 0 spiro atoms. The molecule has 0 aliphatic carbocycles. The zero-order valence-electron chi connectivity index (χ0n) is 30.0. The number of carboxylic acids is 6. The number of carbonyl (C=O) groups is 6. The van der Waals surface area contributed by atoms with Crippen LogP contribution in [0.15, 0.2) is 21.1 Å². The molecule has 3 aromatic heterocycles. The summed E-state index contributed by atoms with van der Waals surface area (Å²) in [6.07, 6.45) is -2.52. The normalized spacial score (nSPS) is 12.6. The molecule has 2 aliphatic heterocycles. The van der Waals surface area contributed by atoms with E-state index in [9.17, 15) is 59.4 Å². The molecule has 3 aromatic rings. The maximum Gasteiger partial charge on any atom is 0.307 e. The van der Waals surface area contributed by atoms with Gasteiger partial charge >= 0.3 is 35.8 Å². The van der Waals surface area contributed by atoms with E-state index in [2.05, 4.69) is 41.8 Å². The lowest BCUT2D eigenvalue weighted by Gasteiger charge is -2.07. The van der Waals surface area contributed by atoms with E-state index < -0.39 is 48.7 Å². The zero-order valence-corrected chi connectivity index (χ0v) is 33.2. The van der Waals surface area contributed by atoms with Crippen molar-refractivity contribution in [3.8, 4) is 0 Å². The van der Waals surface area contributed by atoms with Crippen LogP contribution in [0.2, 0.25) is 0 Å². The minimum absolute atomic E-state index is 0.00901. The second-order valence-corrected chi connectivity index (χ2v) is 14.9. The summed E-state index contributed by atoms with van der Waals surface area (Å²) in [5, 5.41) is 58.6. The number of aryl methyl sites for hydroxylation is 4. The molecule has 8 bridgehead atoms. The van der Waals surface area contributed by atoms with Crippen LogP contribution in [0, 0.1) is 13.8 Å². The molecule has 18 heteroatoms. The zero-order chi connectivity index (χ0) is 41.2. The largest absolute Gasteiger partial charge is 0.481 e. The van der Waals surface area contributed by atoms with Crippen LogP contribution in [0.1, 0.15) is 96.4 Å². The molecular weight excluding hydrogens is 864 g/mol. The SMILES string of the molecule is Cc1c(CCC(=O)O)c2cc3nc(c(Br)c4[nH]c(c(Br)c5nc(cc1[nH]2)C(CCC(=O)O)=C5CC(=O)O)c(CCC(=O)O)c4C)C(CCC(=O)O)=C3CC(=O)O. The van der Waals surface area contributed by atoms with Gasteiger partial charge in [0, 0.05) is 36.7 Å². The molecule has 5 heterocycles. The third-order valence-electron chi connectivity index (χ3n) is 9.64. The summed E-state index contributed by atoms with van der Waals surface area (Å²) >= 11 is 7.28. The smallest absolute Gasteiger partial charge is 0.307 e. The number of aliphatic carboxylic acids is 6. The fraction of sp³-hybridized carbons (Fsp3) is 0.316. The lowest BCUT2D eigenvalue weighted by molar-refractivity contribution is -0.138. The number of aromatic amines is 2. The molecule has 0 fully saturated rings. The van der Waals surface area contributed by atoms with E-state index in [1.54, 1.807) is 26.0 Å². The van der Waals surface area contributed by atoms with Crippen molar-refractivity contribution in [3.63, 3.8) is 0 Å². The van der Waals surface area contributed by atoms with Crippen molar-refractivity contribution >= 4 is 112 Å². The van der Waals surface area contributed by atoms with E-state index in [4.69, 9.17) is 9.97 Å². The Hall–Kier alpha value is -5.62. The number of halogens is 2. The van der Waals surface area contributed by atoms with Crippen molar-refractivity contribution < 1.29 is 59.4 Å². The summed E-state index contributed by atoms with van der Waals surface area (Å²) in [7, 11) is 0. The van der Waals surface area contributed by atoms with Crippen molar-refractivity contribution in [2.24, 2.45) is 0 Å². The van der Waals surface area contributed by atoms with Gasteiger partial charge in [-0.25, -0.2) is 9.97 Å². The van der Waals surface area contributed by atoms with Crippen LogP contribution in [0.4, 0.5) is 0 Å². The molecule has 0 saturated carbocycles. The number of hydrogen-bond acceptors (Lipinski definition) is 8. The quantitative estimate of drug-likeness (QED) is 0.0719. The first-order valence-corrected chi connectivity index (χ1v) is 18.8. The topological polar surface area (TPSA) is 281 Å². The minimum Gasteiger partial charge on any atom is -0.481 e. The van der Waals surface area contributed by atoms with Crippen molar-refractivity contribution in [3.05, 3.63) is 66.1 Å². The van der Waals surface area contributed by atoms with Gasteiger partial charge in [-0.1, -0.05) is 0 Å². The highest BCUT2D eigenvalue weighted by atomic mass is 79.9. The molecule has 0 radical (unpaired) electrons. The molecule has 16 nitrogen and oxygen atoms in total. The van der Waals surface area contributed by atoms with Crippen molar-refractivity contribution in [1.29, 1.82) is 0 Å². The van der Waals surface area contributed by atoms with Gasteiger partial charge in [-0.2, -0.15) is 0 Å². The molecular formula is C38H36Br2N4O12. The molecule has 8 N–H and O–H groups in total. The number of carboxylic acid groups (broad SMARTS) is 6. The first-order chi connectivity index (χ1) is 26.4. The Kier molecular flexibility index (Phi) is 12.6. The van der Waals surface area contributed by atoms with Crippen LogP contribution in [0.5, 0.6) is 0 Å². The number of nitrogens with one attached hydrogen (secondary N) is 2. The van der Waals surface area contributed by atoms with Gasteiger partial charge in [-0.15, -0.1) is 0 Å². The van der Waals surface area contributed by atoms with Gasteiger partial charge < -0.3 is 40.6 Å². The molecule has 5 rings (SSSR count). The number of hydrogen-bond donors (Lipinski definition) is 8. The predicted molar refractivity (Wildman–Crippen MR) is 210 cm³/mol. The average molecular weight is 901 g/mol. The van der Waals surface area contributed by atoms with E-state index in [0.717, 1.165) is 0 Å². The number of H-pyrrole nitrogens is 2. The van der Waals surface area contributed by atoms with Crippen LogP contribution in [-0.2, 0) is 41.6 Å². The maximum absolute atomic E-state index is 12.3. The van der Waals surface area contributed by atoms with Gasteiger partial charge in [0.15, 0.2) is 0 Å². The van der Waals surface area contributed by atoms with Gasteiger partial charge in [0.2, 0.25) is 0 Å². The third-order valence-corrected chi connectivity index (χ3v) is 11.2. The van der Waals surface area contributed by atoms with Gasteiger partial charge in [0.1, 0.15) is 0 Å². The fourth-order valence-corrected chi connectivity index (χ4v) is 8.40. The van der Waals surface area contributed by atoms with Crippen molar-refractivity contribution in [1.82, 2.24) is 19.9 Å². The van der Waals surface area contributed by atoms with E-state index in [1.165, 1.54) is 0 Å².